The number of rotatable bonds is 4. The normalized spacial score (nSPS) is 22.1. The maximum Gasteiger partial charge on any atom is 0.258 e. The number of piperidine rings is 2. The first-order chi connectivity index (χ1) is 26.4. The van der Waals surface area contributed by atoms with Crippen molar-refractivity contribution in [3.63, 3.8) is 0 Å². The molecule has 16 heteroatoms. The Morgan fingerprint density at radius 2 is 1.84 bits per heavy atom. The molecule has 4 aliphatic rings. The van der Waals surface area contributed by atoms with Gasteiger partial charge >= 0.3 is 0 Å². The molecule has 2 saturated heterocycles. The summed E-state index contributed by atoms with van der Waals surface area (Å²) in [5.41, 5.74) is 10.3. The molecule has 0 saturated carbocycles. The highest BCUT2D eigenvalue weighted by Crippen LogP contribution is 2.39. The number of fused-ring (bicyclic) bond motifs is 6. The van der Waals surface area contributed by atoms with Crippen molar-refractivity contribution in [2.24, 2.45) is 0 Å². The van der Waals surface area contributed by atoms with Crippen molar-refractivity contribution in [3.8, 4) is 22.9 Å². The van der Waals surface area contributed by atoms with Crippen LogP contribution in [0.4, 0.5) is 14.6 Å². The molecule has 2 unspecified atom stereocenters. The number of hydrogen-bond donors (Lipinski definition) is 3. The highest BCUT2D eigenvalue weighted by Gasteiger charge is 2.41. The van der Waals surface area contributed by atoms with Crippen molar-refractivity contribution < 1.29 is 33.0 Å². The van der Waals surface area contributed by atoms with Gasteiger partial charge in [-0.1, -0.05) is 12.1 Å². The van der Waals surface area contributed by atoms with Gasteiger partial charge in [0.2, 0.25) is 11.8 Å². The van der Waals surface area contributed by atoms with Crippen molar-refractivity contribution in [3.05, 3.63) is 93.4 Å². The number of likely N-dealkylation sites (tertiary alicyclic amines) is 1. The number of halogens is 2. The minimum atomic E-state index is -1.15. The Hall–Kier alpha value is -5.76. The van der Waals surface area contributed by atoms with Crippen LogP contribution in [0.15, 0.2) is 42.6 Å². The second-order valence-corrected chi connectivity index (χ2v) is 14.7. The average Bonchev–Trinajstić information content (AvgIpc) is 3.69. The lowest BCUT2D eigenvalue weighted by molar-refractivity contribution is -0.136. The Labute approximate surface area is 315 Å². The van der Waals surface area contributed by atoms with E-state index >= 15 is 4.39 Å². The van der Waals surface area contributed by atoms with Gasteiger partial charge in [-0.15, -0.1) is 0 Å². The number of nitriles is 1. The number of pyridine rings is 1. The van der Waals surface area contributed by atoms with Crippen molar-refractivity contribution in [1.29, 1.82) is 5.26 Å². The first-order valence-corrected chi connectivity index (χ1v) is 18.2. The first kappa shape index (κ1) is 36.2. The minimum Gasteiger partial charge on any atom is -0.482 e. The van der Waals surface area contributed by atoms with Crippen LogP contribution in [0.25, 0.3) is 11.1 Å². The second kappa shape index (κ2) is 14.1. The molecule has 4 aromatic rings. The summed E-state index contributed by atoms with van der Waals surface area (Å²) >= 11 is 0. The van der Waals surface area contributed by atoms with Crippen LogP contribution in [-0.2, 0) is 29.2 Å². The molecule has 4 N–H and O–H groups in total. The van der Waals surface area contributed by atoms with Crippen molar-refractivity contribution in [2.75, 3.05) is 25.9 Å². The number of hydrogen-bond acceptors (Lipinski definition) is 11. The van der Waals surface area contributed by atoms with E-state index in [0.29, 0.717) is 77.2 Å². The van der Waals surface area contributed by atoms with E-state index in [0.717, 1.165) is 0 Å². The highest BCUT2D eigenvalue weighted by molar-refractivity contribution is 6.05. The van der Waals surface area contributed by atoms with Gasteiger partial charge in [0, 0.05) is 67.6 Å². The molecule has 4 aliphatic heterocycles. The minimum absolute atomic E-state index is 0.0381. The Balaban J connectivity index is 1.03. The Morgan fingerprint density at radius 3 is 2.58 bits per heavy atom. The number of carbonyl (C=O) groups excluding carboxylic acids is 3. The summed E-state index contributed by atoms with van der Waals surface area (Å²) in [5.74, 6) is -2.24. The summed E-state index contributed by atoms with van der Waals surface area (Å²) in [7, 11) is 1.72. The van der Waals surface area contributed by atoms with Gasteiger partial charge in [-0.3, -0.25) is 34.2 Å². The number of aliphatic hydroxyl groups excluding tert-OH is 1. The monoisotopic (exact) mass is 751 g/mol. The van der Waals surface area contributed by atoms with E-state index in [-0.39, 0.29) is 55.0 Å². The number of ether oxygens (including phenoxy) is 1. The lowest BCUT2D eigenvalue weighted by atomic mass is 9.99. The molecule has 3 atom stereocenters. The summed E-state index contributed by atoms with van der Waals surface area (Å²) in [4.78, 5) is 46.8. The molecule has 2 aromatic carbocycles. The van der Waals surface area contributed by atoms with Crippen LogP contribution < -0.4 is 15.8 Å². The lowest BCUT2D eigenvalue weighted by Crippen LogP contribution is -2.52. The summed E-state index contributed by atoms with van der Waals surface area (Å²) in [5, 5.41) is 29.3. The van der Waals surface area contributed by atoms with E-state index in [1.165, 1.54) is 29.2 Å². The highest BCUT2D eigenvalue weighted by atomic mass is 19.1. The van der Waals surface area contributed by atoms with Gasteiger partial charge in [-0.2, -0.15) is 10.4 Å². The molecule has 0 spiro atoms. The number of nitrogen functional groups attached to an aromatic ring is 1. The zero-order valence-corrected chi connectivity index (χ0v) is 30.3. The third kappa shape index (κ3) is 6.58. The number of aromatic nitrogens is 3. The maximum absolute atomic E-state index is 15.4. The quantitative estimate of drug-likeness (QED) is 0.258. The van der Waals surface area contributed by atoms with Gasteiger partial charge in [0.05, 0.1) is 17.3 Å². The largest absolute Gasteiger partial charge is 0.482 e. The molecule has 2 fully saturated rings. The average molecular weight is 752 g/mol. The standard InChI is InChI=1S/C39H39F2N9O5/c1-20-27-14-24(40)3-4-26(27)38(53)47(2)19-29-35(22-13-32(55-20)36(43)44-16-22)31(15-42)50(46-29)25-7-9-48(10-8-25)17-21-11-23-18-49(39(54)34(23)28(41)12-21)30-5-6-33(51)45-37(30)52/h3-4,11-14,16,20,25,30,38,53H,5-10,17-19H2,1-2H3,(H2,43,44)(H,45,51,52)/t20-,30?,38?/m1/s1. The summed E-state index contributed by atoms with van der Waals surface area (Å²) < 4.78 is 37.8. The van der Waals surface area contributed by atoms with Crippen LogP contribution in [0.2, 0.25) is 0 Å². The van der Waals surface area contributed by atoms with Gasteiger partial charge in [0.15, 0.2) is 11.6 Å². The van der Waals surface area contributed by atoms with Gasteiger partial charge in [-0.05, 0) is 68.6 Å². The number of anilines is 1. The predicted octanol–water partition coefficient (Wildman–Crippen LogP) is 3.85. The number of carbonyl (C=O) groups is 3. The van der Waals surface area contributed by atoms with Crippen molar-refractivity contribution in [2.45, 2.75) is 76.7 Å². The van der Waals surface area contributed by atoms with Crippen LogP contribution in [0.1, 0.15) is 95.0 Å². The van der Waals surface area contributed by atoms with Gasteiger partial charge < -0.3 is 20.5 Å². The number of nitrogens with one attached hydrogen (secondary N) is 1. The van der Waals surface area contributed by atoms with Crippen LogP contribution >= 0.6 is 0 Å². The van der Waals surface area contributed by atoms with Gasteiger partial charge in [0.1, 0.15) is 41.8 Å². The topological polar surface area (TPSA) is 183 Å². The zero-order valence-electron chi connectivity index (χ0n) is 30.3. The molecule has 3 amide bonds. The first-order valence-electron chi connectivity index (χ1n) is 18.2. The van der Waals surface area contributed by atoms with Crippen molar-refractivity contribution >= 4 is 23.5 Å². The third-order valence-corrected chi connectivity index (χ3v) is 11.1. The molecule has 14 nitrogen and oxygen atoms in total. The Morgan fingerprint density at radius 1 is 1.05 bits per heavy atom. The van der Waals surface area contributed by atoms with E-state index in [1.807, 2.05) is 6.07 Å². The second-order valence-electron chi connectivity index (χ2n) is 14.7. The van der Waals surface area contributed by atoms with E-state index in [2.05, 4.69) is 21.3 Å². The van der Waals surface area contributed by atoms with Crippen LogP contribution in [0, 0.1) is 23.0 Å². The molecule has 284 valence electrons. The van der Waals surface area contributed by atoms with Crippen LogP contribution in [-0.4, -0.2) is 78.5 Å². The molecular weight excluding hydrogens is 712 g/mol. The fourth-order valence-corrected chi connectivity index (χ4v) is 8.29. The SMILES string of the molecule is C[C@H]1Oc2cc(cnc2N)-c2c(nn(C3CCN(Cc4cc(F)c5c(c4)CN(C4CCC(=O)NC4=O)C5=O)CC3)c2C#N)CN(C)C(O)c2ccc(F)cc21. The summed E-state index contributed by atoms with van der Waals surface area (Å²) in [6.45, 7) is 3.63. The molecule has 2 aromatic heterocycles. The number of amides is 3. The van der Waals surface area contributed by atoms with Crippen molar-refractivity contribution in [1.82, 2.24) is 34.8 Å². The summed E-state index contributed by atoms with van der Waals surface area (Å²) in [6, 6.07) is 10.4. The Kier molecular flexibility index (Phi) is 9.32. The molecule has 0 aliphatic carbocycles. The number of imide groups is 1. The predicted molar refractivity (Wildman–Crippen MR) is 192 cm³/mol. The van der Waals surface area contributed by atoms with E-state index < -0.39 is 41.8 Å². The molecule has 6 heterocycles. The molecule has 55 heavy (non-hydrogen) atoms. The smallest absolute Gasteiger partial charge is 0.258 e. The number of aliphatic hydroxyl groups is 1. The number of nitrogens with two attached hydrogens (primary N) is 1. The maximum atomic E-state index is 15.4. The zero-order chi connectivity index (χ0) is 38.7. The molecule has 8 rings (SSSR count). The number of benzene rings is 2. The number of nitrogens with zero attached hydrogens (tertiary/aromatic N) is 7. The fourth-order valence-electron chi connectivity index (χ4n) is 8.29. The Bertz CT molecular complexity index is 2280. The third-order valence-electron chi connectivity index (χ3n) is 11.1. The van der Waals surface area contributed by atoms with Crippen LogP contribution in [0.3, 0.4) is 0 Å². The fraction of sp³-hybridized carbons (Fsp3) is 0.385. The molecule has 0 radical (unpaired) electrons. The van der Waals surface area contributed by atoms with E-state index in [4.69, 9.17) is 15.6 Å². The van der Waals surface area contributed by atoms with Gasteiger partial charge in [0.25, 0.3) is 5.91 Å². The van der Waals surface area contributed by atoms with Gasteiger partial charge in [-0.25, -0.2) is 13.8 Å². The van der Waals surface area contributed by atoms with E-state index in [9.17, 15) is 29.1 Å². The van der Waals surface area contributed by atoms with E-state index in [1.54, 1.807) is 35.8 Å². The van der Waals surface area contributed by atoms with Crippen LogP contribution in [0.5, 0.6) is 5.75 Å². The molecule has 2 bridgehead atoms. The molecular formula is C39H39F2N9O5. The lowest BCUT2D eigenvalue weighted by Gasteiger charge is -2.32. The summed E-state index contributed by atoms with van der Waals surface area (Å²) in [6.07, 6.45) is 1.29.